The molecule has 1 amide bonds. The maximum atomic E-state index is 12.9. The molecule has 0 unspecified atom stereocenters. The molecule has 0 spiro atoms. The van der Waals surface area contributed by atoms with Crippen molar-refractivity contribution >= 4 is 33.9 Å². The zero-order valence-corrected chi connectivity index (χ0v) is 19.1. The quantitative estimate of drug-likeness (QED) is 0.433. The number of benzene rings is 1. The lowest BCUT2D eigenvalue weighted by molar-refractivity contribution is -0.130. The van der Waals surface area contributed by atoms with Crippen molar-refractivity contribution < 1.29 is 13.6 Å². The zero-order chi connectivity index (χ0) is 23.9. The highest BCUT2D eigenvalue weighted by atomic mass is 19.3. The topological polar surface area (TPSA) is 105 Å². The number of anilines is 1. The number of likely N-dealkylation sites (tertiary alicyclic amines) is 1. The fourth-order valence-electron chi connectivity index (χ4n) is 5.38. The molecule has 35 heavy (non-hydrogen) atoms. The number of hydrogen-bond donors (Lipinski definition) is 2. The van der Waals surface area contributed by atoms with E-state index in [-0.39, 0.29) is 6.04 Å². The molecule has 1 aliphatic heterocycles. The second kappa shape index (κ2) is 8.86. The summed E-state index contributed by atoms with van der Waals surface area (Å²) >= 11 is 0. The lowest BCUT2D eigenvalue weighted by atomic mass is 9.90. The van der Waals surface area contributed by atoms with Gasteiger partial charge in [0.25, 0.3) is 6.43 Å². The van der Waals surface area contributed by atoms with Crippen LogP contribution in [0.15, 0.2) is 30.6 Å². The Morgan fingerprint density at radius 1 is 1.20 bits per heavy atom. The molecule has 1 saturated carbocycles. The first-order valence-corrected chi connectivity index (χ1v) is 12.1. The van der Waals surface area contributed by atoms with Gasteiger partial charge in [-0.1, -0.05) is 11.3 Å². The Bertz CT molecular complexity index is 1370. The number of amides is 1. The lowest BCUT2D eigenvalue weighted by Gasteiger charge is -2.34. The number of carbonyl (C=O) groups is 1. The number of hydrogen-bond acceptors (Lipinski definition) is 6. The van der Waals surface area contributed by atoms with Gasteiger partial charge in [0.05, 0.1) is 5.52 Å². The molecular weight excluding hydrogens is 454 g/mol. The molecule has 3 aromatic heterocycles. The highest BCUT2D eigenvalue weighted by Gasteiger charge is 2.31. The number of fused-ring (bicyclic) bond motifs is 2. The Balaban J connectivity index is 1.18. The molecular formula is C24H26F2N8O. The van der Waals surface area contributed by atoms with Crippen LogP contribution in [-0.4, -0.2) is 65.8 Å². The van der Waals surface area contributed by atoms with E-state index in [4.69, 9.17) is 0 Å². The van der Waals surface area contributed by atoms with Crippen molar-refractivity contribution in [2.24, 2.45) is 0 Å². The number of alkyl halides is 2. The minimum absolute atomic E-state index is 0.279. The fourth-order valence-corrected chi connectivity index (χ4v) is 5.38. The number of nitrogens with one attached hydrogen (secondary N) is 2. The first kappa shape index (κ1) is 21.9. The van der Waals surface area contributed by atoms with Gasteiger partial charge in [0.1, 0.15) is 17.7 Å². The Labute approximate surface area is 199 Å². The Kier molecular flexibility index (Phi) is 5.54. The molecule has 1 saturated heterocycles. The van der Waals surface area contributed by atoms with E-state index in [2.05, 4.69) is 35.5 Å². The van der Waals surface area contributed by atoms with Crippen molar-refractivity contribution in [2.45, 2.75) is 63.6 Å². The number of nitrogens with zero attached hydrogens (tertiary/aromatic N) is 6. The minimum Gasteiger partial charge on any atom is -0.351 e. The van der Waals surface area contributed by atoms with E-state index in [9.17, 15) is 13.6 Å². The van der Waals surface area contributed by atoms with E-state index < -0.39 is 13.0 Å². The number of aromatic amines is 1. The number of halogens is 2. The summed E-state index contributed by atoms with van der Waals surface area (Å²) in [5.41, 5.74) is 3.56. The predicted octanol–water partition coefficient (Wildman–Crippen LogP) is 3.98. The van der Waals surface area contributed by atoms with Gasteiger partial charge >= 0.3 is 0 Å². The van der Waals surface area contributed by atoms with Crippen LogP contribution in [0.4, 0.5) is 14.7 Å². The Morgan fingerprint density at radius 3 is 2.83 bits per heavy atom. The largest absolute Gasteiger partial charge is 0.351 e. The van der Waals surface area contributed by atoms with Gasteiger partial charge in [-0.05, 0) is 49.8 Å². The third-order valence-electron chi connectivity index (χ3n) is 7.15. The smallest absolute Gasteiger partial charge is 0.258 e. The van der Waals surface area contributed by atoms with Crippen molar-refractivity contribution in [1.29, 1.82) is 0 Å². The molecule has 2 N–H and O–H groups in total. The van der Waals surface area contributed by atoms with E-state index >= 15 is 0 Å². The molecule has 1 aromatic carbocycles. The summed E-state index contributed by atoms with van der Waals surface area (Å²) in [6, 6.07) is 6.13. The van der Waals surface area contributed by atoms with Crippen LogP contribution in [0, 0.1) is 0 Å². The van der Waals surface area contributed by atoms with Crippen LogP contribution in [0.2, 0.25) is 0 Å². The zero-order valence-electron chi connectivity index (χ0n) is 19.1. The van der Waals surface area contributed by atoms with Crippen molar-refractivity contribution in [3.63, 3.8) is 0 Å². The summed E-state index contributed by atoms with van der Waals surface area (Å²) in [7, 11) is 0. The summed E-state index contributed by atoms with van der Waals surface area (Å²) in [6.07, 6.45) is 6.75. The SMILES string of the molecule is O=C1CCCN1C1CCC(Nc2ncc3c(-c4ccc5nnn(CC(F)F)c5c4)c[nH]c3n2)CC1. The van der Waals surface area contributed by atoms with E-state index in [1.165, 1.54) is 4.68 Å². The summed E-state index contributed by atoms with van der Waals surface area (Å²) in [5, 5.41) is 12.1. The predicted molar refractivity (Wildman–Crippen MR) is 127 cm³/mol. The molecule has 0 bridgehead atoms. The number of H-pyrrole nitrogens is 1. The van der Waals surface area contributed by atoms with Crippen LogP contribution < -0.4 is 5.32 Å². The number of aromatic nitrogens is 6. The summed E-state index contributed by atoms with van der Waals surface area (Å²) < 4.78 is 27.0. The van der Waals surface area contributed by atoms with Crippen molar-refractivity contribution in [3.8, 4) is 11.1 Å². The van der Waals surface area contributed by atoms with Crippen LogP contribution in [-0.2, 0) is 11.3 Å². The molecule has 4 aromatic rings. The van der Waals surface area contributed by atoms with Crippen LogP contribution in [0.25, 0.3) is 33.2 Å². The second-order valence-corrected chi connectivity index (χ2v) is 9.36. The first-order valence-electron chi connectivity index (χ1n) is 12.1. The normalized spacial score (nSPS) is 21.0. The van der Waals surface area contributed by atoms with Gasteiger partial charge < -0.3 is 15.2 Å². The van der Waals surface area contributed by atoms with E-state index in [0.717, 1.165) is 55.2 Å². The van der Waals surface area contributed by atoms with Crippen molar-refractivity contribution in [1.82, 2.24) is 34.8 Å². The summed E-state index contributed by atoms with van der Waals surface area (Å²) in [6.45, 7) is 0.400. The average molecular weight is 481 g/mol. The lowest BCUT2D eigenvalue weighted by Crippen LogP contribution is -2.41. The highest BCUT2D eigenvalue weighted by molar-refractivity contribution is 5.95. The summed E-state index contributed by atoms with van der Waals surface area (Å²) in [4.78, 5) is 26.5. The standard InChI is InChI=1S/C24H26F2N8O/c25-21(26)13-34-20-10-14(3-8-19(20)31-32-34)17-11-27-23-18(17)12-28-24(30-23)29-15-4-6-16(7-5-15)33-9-1-2-22(33)35/h3,8,10-12,15-16,21H,1-2,4-7,9,13H2,(H2,27,28,29,30). The van der Waals surface area contributed by atoms with Crippen molar-refractivity contribution in [2.75, 3.05) is 11.9 Å². The number of rotatable bonds is 6. The Hall–Kier alpha value is -3.63. The molecule has 11 heteroatoms. The maximum absolute atomic E-state index is 12.9. The van der Waals surface area contributed by atoms with Gasteiger partial charge in [0.2, 0.25) is 11.9 Å². The van der Waals surface area contributed by atoms with Gasteiger partial charge in [0, 0.05) is 48.4 Å². The summed E-state index contributed by atoms with van der Waals surface area (Å²) in [5.74, 6) is 0.868. The third-order valence-corrected chi connectivity index (χ3v) is 7.15. The minimum atomic E-state index is -2.51. The van der Waals surface area contributed by atoms with Crippen LogP contribution in [0.3, 0.4) is 0 Å². The van der Waals surface area contributed by atoms with E-state index in [0.29, 0.717) is 41.0 Å². The molecule has 182 valence electrons. The molecule has 1 aliphatic carbocycles. The highest BCUT2D eigenvalue weighted by Crippen LogP contribution is 2.31. The van der Waals surface area contributed by atoms with E-state index in [1.807, 2.05) is 18.3 Å². The van der Waals surface area contributed by atoms with Gasteiger partial charge in [-0.2, -0.15) is 4.98 Å². The van der Waals surface area contributed by atoms with Crippen LogP contribution in [0.5, 0.6) is 0 Å². The third kappa shape index (κ3) is 4.19. The molecule has 6 rings (SSSR count). The van der Waals surface area contributed by atoms with Crippen LogP contribution in [0.1, 0.15) is 38.5 Å². The maximum Gasteiger partial charge on any atom is 0.258 e. The molecule has 2 aliphatic rings. The van der Waals surface area contributed by atoms with Gasteiger partial charge in [0.15, 0.2) is 0 Å². The molecule has 0 atom stereocenters. The molecule has 9 nitrogen and oxygen atoms in total. The van der Waals surface area contributed by atoms with E-state index in [1.54, 1.807) is 12.3 Å². The molecule has 2 fully saturated rings. The first-order chi connectivity index (χ1) is 17.0. The number of carbonyl (C=O) groups excluding carboxylic acids is 1. The molecule has 4 heterocycles. The van der Waals surface area contributed by atoms with Crippen molar-refractivity contribution in [3.05, 3.63) is 30.6 Å². The van der Waals surface area contributed by atoms with Gasteiger partial charge in [-0.15, -0.1) is 5.10 Å². The average Bonchev–Trinajstić information content (AvgIpc) is 3.57. The Morgan fingerprint density at radius 2 is 2.06 bits per heavy atom. The van der Waals surface area contributed by atoms with Crippen LogP contribution >= 0.6 is 0 Å². The monoisotopic (exact) mass is 480 g/mol. The second-order valence-electron chi connectivity index (χ2n) is 9.36. The van der Waals surface area contributed by atoms with Gasteiger partial charge in [-0.3, -0.25) is 4.79 Å². The fraction of sp³-hybridized carbons (Fsp3) is 0.458. The van der Waals surface area contributed by atoms with Gasteiger partial charge in [-0.25, -0.2) is 18.4 Å². The molecule has 0 radical (unpaired) electrons.